The summed E-state index contributed by atoms with van der Waals surface area (Å²) in [5, 5.41) is 6.38. The summed E-state index contributed by atoms with van der Waals surface area (Å²) in [6.07, 6.45) is 7.27. The number of nitrogens with two attached hydrogens (primary N) is 1. The first-order chi connectivity index (χ1) is 13.6. The molecule has 4 rings (SSSR count). The van der Waals surface area contributed by atoms with Crippen molar-refractivity contribution in [3.05, 3.63) is 84.4 Å². The molecule has 4 N–H and O–H groups in total. The van der Waals surface area contributed by atoms with E-state index < -0.39 is 0 Å². The molecule has 0 unspecified atom stereocenters. The van der Waals surface area contributed by atoms with Crippen molar-refractivity contribution in [1.29, 1.82) is 0 Å². The van der Waals surface area contributed by atoms with Gasteiger partial charge in [0.15, 0.2) is 11.5 Å². The van der Waals surface area contributed by atoms with Gasteiger partial charge in [0.05, 0.1) is 0 Å². The number of carbonyl (C=O) groups excluding carboxylic acids is 1. The highest BCUT2D eigenvalue weighted by Crippen LogP contribution is 2.20. The average Bonchev–Trinajstić information content (AvgIpc) is 3.19. The minimum absolute atomic E-state index is 0.375. The number of rotatable bonds is 4. The standard InChI is InChI=1S/C13H13N5.C8H9NO/c1-14-10-3-2-4-11(9-10)17-12-13-16-6-8-18(13)7-5-15-12;1-6-2-4-7(5-3-6)8(9)10/h2-9,14H,1H3,(H,15,17);2-5H,1H3,(H2,9,10). The molecule has 1 amide bonds. The number of nitrogens with zero attached hydrogens (tertiary/aromatic N) is 3. The van der Waals surface area contributed by atoms with Crippen molar-refractivity contribution in [3.63, 3.8) is 0 Å². The first-order valence-corrected chi connectivity index (χ1v) is 8.76. The quantitative estimate of drug-likeness (QED) is 0.507. The maximum atomic E-state index is 10.5. The van der Waals surface area contributed by atoms with Gasteiger partial charge in [-0.2, -0.15) is 0 Å². The summed E-state index contributed by atoms with van der Waals surface area (Å²) in [6, 6.07) is 15.2. The lowest BCUT2D eigenvalue weighted by Crippen LogP contribution is -2.10. The summed E-state index contributed by atoms with van der Waals surface area (Å²) in [5.41, 5.74) is 9.56. The molecule has 2 heterocycles. The second-order valence-corrected chi connectivity index (χ2v) is 6.12. The number of primary amides is 1. The number of aryl methyl sites for hydroxylation is 1. The van der Waals surface area contributed by atoms with Crippen LogP contribution in [0, 0.1) is 6.92 Å². The molecular weight excluding hydrogens is 352 g/mol. The highest BCUT2D eigenvalue weighted by atomic mass is 16.1. The van der Waals surface area contributed by atoms with Crippen LogP contribution in [-0.4, -0.2) is 27.3 Å². The number of hydrogen-bond acceptors (Lipinski definition) is 5. The van der Waals surface area contributed by atoms with E-state index in [1.165, 1.54) is 0 Å². The summed E-state index contributed by atoms with van der Waals surface area (Å²) in [4.78, 5) is 19.1. The lowest BCUT2D eigenvalue weighted by atomic mass is 10.1. The first-order valence-electron chi connectivity index (χ1n) is 8.76. The highest BCUT2D eigenvalue weighted by Gasteiger charge is 2.04. The van der Waals surface area contributed by atoms with Crippen LogP contribution in [0.4, 0.5) is 17.2 Å². The summed E-state index contributed by atoms with van der Waals surface area (Å²) in [6.45, 7) is 1.96. The van der Waals surface area contributed by atoms with Gasteiger partial charge in [0, 0.05) is 48.8 Å². The Hall–Kier alpha value is -3.87. The Morgan fingerprint density at radius 2 is 1.68 bits per heavy atom. The van der Waals surface area contributed by atoms with Crippen LogP contribution in [0.1, 0.15) is 15.9 Å². The van der Waals surface area contributed by atoms with Crippen molar-refractivity contribution in [2.75, 3.05) is 17.7 Å². The molecule has 142 valence electrons. The van der Waals surface area contributed by atoms with Crippen molar-refractivity contribution in [2.24, 2.45) is 5.73 Å². The minimum Gasteiger partial charge on any atom is -0.388 e. The number of nitrogens with one attached hydrogen (secondary N) is 2. The number of imidazole rings is 1. The zero-order valence-electron chi connectivity index (χ0n) is 15.8. The molecule has 7 nitrogen and oxygen atoms in total. The Morgan fingerprint density at radius 3 is 2.36 bits per heavy atom. The third-order valence-electron chi connectivity index (χ3n) is 4.06. The van der Waals surface area contributed by atoms with Crippen LogP contribution < -0.4 is 16.4 Å². The van der Waals surface area contributed by atoms with Gasteiger partial charge in [-0.3, -0.25) is 4.79 Å². The number of hydrogen-bond donors (Lipinski definition) is 3. The van der Waals surface area contributed by atoms with Crippen LogP contribution in [0.2, 0.25) is 0 Å². The fourth-order valence-corrected chi connectivity index (χ4v) is 2.55. The van der Waals surface area contributed by atoms with Gasteiger partial charge >= 0.3 is 0 Å². The fraction of sp³-hybridized carbons (Fsp3) is 0.0952. The molecule has 0 fully saturated rings. The number of aromatic nitrogens is 3. The van der Waals surface area contributed by atoms with Gasteiger partial charge in [-0.25, -0.2) is 9.97 Å². The van der Waals surface area contributed by atoms with Gasteiger partial charge in [0.1, 0.15) is 0 Å². The van der Waals surface area contributed by atoms with Crippen molar-refractivity contribution >= 4 is 28.7 Å². The predicted octanol–water partition coefficient (Wildman–Crippen LogP) is 3.61. The number of amides is 1. The van der Waals surface area contributed by atoms with E-state index in [-0.39, 0.29) is 5.91 Å². The van der Waals surface area contributed by atoms with E-state index in [0.29, 0.717) is 5.56 Å². The van der Waals surface area contributed by atoms with Gasteiger partial charge in [-0.05, 0) is 37.3 Å². The van der Waals surface area contributed by atoms with Crippen molar-refractivity contribution in [1.82, 2.24) is 14.4 Å². The minimum atomic E-state index is -0.375. The zero-order chi connectivity index (χ0) is 19.9. The Kier molecular flexibility index (Phi) is 5.86. The summed E-state index contributed by atoms with van der Waals surface area (Å²) < 4.78 is 1.93. The van der Waals surface area contributed by atoms with Crippen LogP contribution in [0.25, 0.3) is 5.65 Å². The van der Waals surface area contributed by atoms with E-state index in [1.54, 1.807) is 24.5 Å². The van der Waals surface area contributed by atoms with E-state index >= 15 is 0 Å². The lowest BCUT2D eigenvalue weighted by molar-refractivity contribution is 0.100. The first kappa shape index (κ1) is 18.9. The molecule has 7 heteroatoms. The van der Waals surface area contributed by atoms with Gasteiger partial charge < -0.3 is 20.8 Å². The molecule has 0 spiro atoms. The molecule has 0 radical (unpaired) electrons. The smallest absolute Gasteiger partial charge is 0.248 e. The predicted molar refractivity (Wildman–Crippen MR) is 112 cm³/mol. The lowest BCUT2D eigenvalue weighted by Gasteiger charge is -2.08. The number of anilines is 3. The van der Waals surface area contributed by atoms with Crippen molar-refractivity contribution < 1.29 is 4.79 Å². The average molecular weight is 374 g/mol. The zero-order valence-corrected chi connectivity index (χ0v) is 15.8. The molecule has 0 saturated carbocycles. The normalized spacial score (nSPS) is 10.1. The Balaban J connectivity index is 0.000000192. The molecule has 28 heavy (non-hydrogen) atoms. The topological polar surface area (TPSA) is 97.3 Å². The number of benzene rings is 2. The molecule has 2 aromatic heterocycles. The van der Waals surface area contributed by atoms with Gasteiger partial charge in [-0.15, -0.1) is 0 Å². The van der Waals surface area contributed by atoms with Crippen molar-refractivity contribution in [2.45, 2.75) is 6.92 Å². The number of fused-ring (bicyclic) bond motifs is 1. The van der Waals surface area contributed by atoms with E-state index in [2.05, 4.69) is 20.6 Å². The maximum absolute atomic E-state index is 10.5. The summed E-state index contributed by atoms with van der Waals surface area (Å²) >= 11 is 0. The second kappa shape index (κ2) is 8.68. The van der Waals surface area contributed by atoms with E-state index in [1.807, 2.05) is 67.2 Å². The van der Waals surface area contributed by atoms with Crippen LogP contribution in [0.5, 0.6) is 0 Å². The van der Waals surface area contributed by atoms with E-state index in [9.17, 15) is 4.79 Å². The second-order valence-electron chi connectivity index (χ2n) is 6.12. The molecule has 2 aromatic carbocycles. The third kappa shape index (κ3) is 4.64. The fourth-order valence-electron chi connectivity index (χ4n) is 2.55. The third-order valence-corrected chi connectivity index (χ3v) is 4.06. The van der Waals surface area contributed by atoms with Crippen LogP contribution in [0.3, 0.4) is 0 Å². The number of carbonyl (C=O) groups is 1. The highest BCUT2D eigenvalue weighted by molar-refractivity contribution is 5.92. The molecule has 4 aromatic rings. The summed E-state index contributed by atoms with van der Waals surface area (Å²) in [5.74, 6) is 0.371. The molecule has 0 aliphatic heterocycles. The Bertz CT molecular complexity index is 1070. The molecule has 0 aliphatic carbocycles. The molecule has 0 aliphatic rings. The Labute approximate surface area is 163 Å². The molecule has 0 bridgehead atoms. The Morgan fingerprint density at radius 1 is 1.00 bits per heavy atom. The van der Waals surface area contributed by atoms with Crippen molar-refractivity contribution in [3.8, 4) is 0 Å². The SMILES string of the molecule is CNc1cccc(Nc2nccn3ccnc23)c1.Cc1ccc(C(N)=O)cc1. The summed E-state index contributed by atoms with van der Waals surface area (Å²) in [7, 11) is 1.90. The van der Waals surface area contributed by atoms with E-state index in [4.69, 9.17) is 5.73 Å². The van der Waals surface area contributed by atoms with Gasteiger partial charge in [-0.1, -0.05) is 23.8 Å². The van der Waals surface area contributed by atoms with E-state index in [0.717, 1.165) is 28.4 Å². The van der Waals surface area contributed by atoms with Gasteiger partial charge in [0.2, 0.25) is 5.91 Å². The van der Waals surface area contributed by atoms with Gasteiger partial charge in [0.25, 0.3) is 0 Å². The van der Waals surface area contributed by atoms with Crippen LogP contribution >= 0.6 is 0 Å². The molecular formula is C21H22N6O. The molecule has 0 saturated heterocycles. The van der Waals surface area contributed by atoms with Crippen LogP contribution in [0.15, 0.2) is 73.3 Å². The monoisotopic (exact) mass is 374 g/mol. The van der Waals surface area contributed by atoms with Crippen LogP contribution in [-0.2, 0) is 0 Å². The largest absolute Gasteiger partial charge is 0.388 e. The molecule has 0 atom stereocenters. The maximum Gasteiger partial charge on any atom is 0.248 e.